The summed E-state index contributed by atoms with van der Waals surface area (Å²) < 4.78 is 4.96. The molecule has 1 aliphatic heterocycles. The summed E-state index contributed by atoms with van der Waals surface area (Å²) in [4.78, 5) is 0. The van der Waals surface area contributed by atoms with Crippen LogP contribution in [0, 0.1) is 5.92 Å². The molecule has 1 aromatic heterocycles. The summed E-state index contributed by atoms with van der Waals surface area (Å²) in [5.41, 5.74) is 1.33. The Kier molecular flexibility index (Phi) is 2.97. The Labute approximate surface area is 72.4 Å². The van der Waals surface area contributed by atoms with Crippen molar-refractivity contribution in [1.29, 1.82) is 0 Å². The molecule has 0 unspecified atom stereocenters. The van der Waals surface area contributed by atoms with E-state index in [0.29, 0.717) is 0 Å². The Balaban J connectivity index is 0.000000605. The number of furan rings is 1. The highest BCUT2D eigenvalue weighted by Crippen LogP contribution is 2.12. The molecular weight excluding hydrogens is 162 g/mol. The van der Waals surface area contributed by atoms with Gasteiger partial charge in [0.05, 0.1) is 12.5 Å². The Hall–Kier alpha value is -0.470. The Morgan fingerprint density at radius 2 is 2.36 bits per heavy atom. The largest absolute Gasteiger partial charge is 0.472 e. The van der Waals surface area contributed by atoms with Crippen molar-refractivity contribution in [1.82, 2.24) is 5.32 Å². The van der Waals surface area contributed by atoms with Crippen molar-refractivity contribution >= 4 is 12.4 Å². The molecule has 3 heteroatoms. The lowest BCUT2D eigenvalue weighted by atomic mass is 9.96. The molecule has 1 aliphatic rings. The van der Waals surface area contributed by atoms with Crippen LogP contribution in [-0.4, -0.2) is 13.1 Å². The standard InChI is InChI=1S/C8H11NO.ClH/c1-2-10-6-7(1)3-8-4-9-5-8;/h1-2,6,8-9H,3-5H2;1H. The van der Waals surface area contributed by atoms with Crippen molar-refractivity contribution in [2.24, 2.45) is 5.92 Å². The van der Waals surface area contributed by atoms with E-state index in [0.717, 1.165) is 5.92 Å². The minimum absolute atomic E-state index is 0. The molecule has 0 aromatic carbocycles. The summed E-state index contributed by atoms with van der Waals surface area (Å²) in [5.74, 6) is 0.845. The second-order valence-electron chi connectivity index (χ2n) is 2.86. The van der Waals surface area contributed by atoms with E-state index in [4.69, 9.17) is 4.42 Å². The van der Waals surface area contributed by atoms with Gasteiger partial charge in [-0.1, -0.05) is 0 Å². The second kappa shape index (κ2) is 3.79. The summed E-state index contributed by atoms with van der Waals surface area (Å²) in [6, 6.07) is 2.04. The zero-order valence-corrected chi connectivity index (χ0v) is 7.06. The maximum absolute atomic E-state index is 4.96. The molecular formula is C8H12ClNO. The fourth-order valence-electron chi connectivity index (χ4n) is 1.23. The topological polar surface area (TPSA) is 25.2 Å². The van der Waals surface area contributed by atoms with Gasteiger partial charge in [0.1, 0.15) is 0 Å². The van der Waals surface area contributed by atoms with Crippen LogP contribution in [0.4, 0.5) is 0 Å². The lowest BCUT2D eigenvalue weighted by Crippen LogP contribution is -2.42. The Morgan fingerprint density at radius 3 is 2.82 bits per heavy atom. The number of hydrogen-bond acceptors (Lipinski definition) is 2. The first kappa shape index (κ1) is 8.62. The van der Waals surface area contributed by atoms with E-state index >= 15 is 0 Å². The predicted octanol–water partition coefficient (Wildman–Crippen LogP) is 1.46. The van der Waals surface area contributed by atoms with Gasteiger partial charge >= 0.3 is 0 Å². The molecule has 2 rings (SSSR count). The van der Waals surface area contributed by atoms with Gasteiger partial charge in [0.15, 0.2) is 0 Å². The summed E-state index contributed by atoms with van der Waals surface area (Å²) in [7, 11) is 0. The molecule has 0 radical (unpaired) electrons. The van der Waals surface area contributed by atoms with Crippen LogP contribution in [0.1, 0.15) is 5.56 Å². The molecule has 1 fully saturated rings. The predicted molar refractivity (Wildman–Crippen MR) is 46.0 cm³/mol. The average Bonchev–Trinajstić information content (AvgIpc) is 2.29. The zero-order chi connectivity index (χ0) is 6.81. The van der Waals surface area contributed by atoms with E-state index < -0.39 is 0 Å². The minimum atomic E-state index is 0. The highest BCUT2D eigenvalue weighted by atomic mass is 35.5. The molecule has 0 aliphatic carbocycles. The molecule has 2 heterocycles. The summed E-state index contributed by atoms with van der Waals surface area (Å²) in [5, 5.41) is 3.24. The molecule has 0 saturated carbocycles. The van der Waals surface area contributed by atoms with Crippen LogP contribution >= 0.6 is 12.4 Å². The van der Waals surface area contributed by atoms with E-state index in [1.54, 1.807) is 6.26 Å². The maximum atomic E-state index is 4.96. The van der Waals surface area contributed by atoms with Gasteiger partial charge in [-0.3, -0.25) is 0 Å². The fourth-order valence-corrected chi connectivity index (χ4v) is 1.23. The van der Waals surface area contributed by atoms with Crippen LogP contribution in [0.5, 0.6) is 0 Å². The molecule has 0 amide bonds. The van der Waals surface area contributed by atoms with Crippen molar-refractivity contribution in [2.45, 2.75) is 6.42 Å². The normalized spacial score (nSPS) is 17.1. The lowest BCUT2D eigenvalue weighted by molar-refractivity contribution is 0.345. The van der Waals surface area contributed by atoms with Gasteiger partial charge in [-0.2, -0.15) is 0 Å². The van der Waals surface area contributed by atoms with Crippen LogP contribution in [0.25, 0.3) is 0 Å². The minimum Gasteiger partial charge on any atom is -0.472 e. The molecule has 1 N–H and O–H groups in total. The van der Waals surface area contributed by atoms with E-state index in [9.17, 15) is 0 Å². The van der Waals surface area contributed by atoms with Crippen LogP contribution < -0.4 is 5.32 Å². The van der Waals surface area contributed by atoms with Crippen LogP contribution in [0.3, 0.4) is 0 Å². The van der Waals surface area contributed by atoms with Crippen molar-refractivity contribution in [3.05, 3.63) is 24.2 Å². The molecule has 0 atom stereocenters. The molecule has 11 heavy (non-hydrogen) atoms. The van der Waals surface area contributed by atoms with E-state index in [1.807, 2.05) is 12.3 Å². The van der Waals surface area contributed by atoms with Gasteiger partial charge in [-0.05, 0) is 37.1 Å². The average molecular weight is 174 g/mol. The zero-order valence-electron chi connectivity index (χ0n) is 6.25. The maximum Gasteiger partial charge on any atom is 0.0934 e. The van der Waals surface area contributed by atoms with Crippen molar-refractivity contribution in [2.75, 3.05) is 13.1 Å². The third-order valence-corrected chi connectivity index (χ3v) is 1.97. The first-order valence-corrected chi connectivity index (χ1v) is 3.67. The third-order valence-electron chi connectivity index (χ3n) is 1.97. The quantitative estimate of drug-likeness (QED) is 0.733. The Morgan fingerprint density at radius 1 is 1.55 bits per heavy atom. The van der Waals surface area contributed by atoms with E-state index in [2.05, 4.69) is 5.32 Å². The van der Waals surface area contributed by atoms with Crippen molar-refractivity contribution in [3.63, 3.8) is 0 Å². The third kappa shape index (κ3) is 1.98. The lowest BCUT2D eigenvalue weighted by Gasteiger charge is -2.26. The first-order valence-electron chi connectivity index (χ1n) is 3.67. The number of halogens is 1. The van der Waals surface area contributed by atoms with Crippen LogP contribution in [0.15, 0.2) is 23.0 Å². The molecule has 1 saturated heterocycles. The summed E-state index contributed by atoms with van der Waals surface area (Å²) in [6.07, 6.45) is 4.74. The number of rotatable bonds is 2. The smallest absolute Gasteiger partial charge is 0.0934 e. The highest BCUT2D eigenvalue weighted by Gasteiger charge is 2.16. The molecule has 62 valence electrons. The van der Waals surface area contributed by atoms with Gasteiger partial charge in [0, 0.05) is 0 Å². The van der Waals surface area contributed by atoms with Gasteiger partial charge in [0.2, 0.25) is 0 Å². The molecule has 0 spiro atoms. The van der Waals surface area contributed by atoms with Crippen molar-refractivity contribution < 1.29 is 4.42 Å². The molecule has 1 aromatic rings. The van der Waals surface area contributed by atoms with Gasteiger partial charge in [-0.15, -0.1) is 12.4 Å². The van der Waals surface area contributed by atoms with Crippen molar-refractivity contribution in [3.8, 4) is 0 Å². The summed E-state index contributed by atoms with van der Waals surface area (Å²) in [6.45, 7) is 2.34. The fraction of sp³-hybridized carbons (Fsp3) is 0.500. The second-order valence-corrected chi connectivity index (χ2v) is 2.86. The Bertz CT molecular complexity index is 194. The van der Waals surface area contributed by atoms with Gasteiger partial charge in [0.25, 0.3) is 0 Å². The summed E-state index contributed by atoms with van der Waals surface area (Å²) >= 11 is 0. The SMILES string of the molecule is Cl.c1cc(CC2CNC2)co1. The van der Waals surface area contributed by atoms with Crippen LogP contribution in [-0.2, 0) is 6.42 Å². The van der Waals surface area contributed by atoms with Crippen LogP contribution in [0.2, 0.25) is 0 Å². The first-order chi connectivity index (χ1) is 4.95. The van der Waals surface area contributed by atoms with E-state index in [1.165, 1.54) is 25.1 Å². The highest BCUT2D eigenvalue weighted by molar-refractivity contribution is 5.85. The number of nitrogens with one attached hydrogen (secondary N) is 1. The van der Waals surface area contributed by atoms with Gasteiger partial charge < -0.3 is 9.73 Å². The molecule has 0 bridgehead atoms. The monoisotopic (exact) mass is 173 g/mol. The number of hydrogen-bond donors (Lipinski definition) is 1. The molecule has 2 nitrogen and oxygen atoms in total. The van der Waals surface area contributed by atoms with E-state index in [-0.39, 0.29) is 12.4 Å². The van der Waals surface area contributed by atoms with Gasteiger partial charge in [-0.25, -0.2) is 0 Å².